The highest BCUT2D eigenvalue weighted by molar-refractivity contribution is 5.97. The fraction of sp³-hybridized carbons (Fsp3) is 0.667. The predicted molar refractivity (Wildman–Crippen MR) is 104 cm³/mol. The molecule has 0 heterocycles. The Bertz CT molecular complexity index is 542. The van der Waals surface area contributed by atoms with Gasteiger partial charge in [0.2, 0.25) is 0 Å². The molecule has 0 bridgehead atoms. The number of hydrogen-bond acceptors (Lipinski definition) is 3. The second kappa shape index (κ2) is 9.81. The molecule has 0 aliphatic rings. The minimum Gasteiger partial charge on any atom is -0.496 e. The lowest BCUT2D eigenvalue weighted by Crippen LogP contribution is -2.47. The Kier molecular flexibility index (Phi) is 8.43. The van der Waals surface area contributed by atoms with E-state index < -0.39 is 5.60 Å². The first kappa shape index (κ1) is 21.5. The van der Waals surface area contributed by atoms with Crippen molar-refractivity contribution in [2.75, 3.05) is 19.0 Å². The lowest BCUT2D eigenvalue weighted by atomic mass is 9.83. The van der Waals surface area contributed by atoms with Crippen LogP contribution in [0.3, 0.4) is 0 Å². The van der Waals surface area contributed by atoms with Gasteiger partial charge in [-0.3, -0.25) is 4.79 Å². The normalized spacial score (nSPS) is 11.9. The highest BCUT2D eigenvalue weighted by Crippen LogP contribution is 2.31. The number of methoxy groups -OCH3 is 1. The topological polar surface area (TPSA) is 47.6 Å². The fourth-order valence-electron chi connectivity index (χ4n) is 3.27. The second-order valence-corrected chi connectivity index (χ2v) is 7.68. The molecule has 4 nitrogen and oxygen atoms in total. The van der Waals surface area contributed by atoms with Crippen molar-refractivity contribution < 1.29 is 14.3 Å². The molecule has 25 heavy (non-hydrogen) atoms. The second-order valence-electron chi connectivity index (χ2n) is 7.68. The first-order valence-corrected chi connectivity index (χ1v) is 9.34. The van der Waals surface area contributed by atoms with E-state index in [0.717, 1.165) is 23.4 Å². The summed E-state index contributed by atoms with van der Waals surface area (Å²) in [7, 11) is 1.65. The summed E-state index contributed by atoms with van der Waals surface area (Å²) in [4.78, 5) is 13.2. The summed E-state index contributed by atoms with van der Waals surface area (Å²) in [5, 5.41) is 3.08. The number of carbonyl (C=O) groups excluding carboxylic acids is 1. The Morgan fingerprint density at radius 3 is 2.20 bits per heavy atom. The fourth-order valence-corrected chi connectivity index (χ4v) is 3.27. The van der Waals surface area contributed by atoms with Gasteiger partial charge < -0.3 is 14.8 Å². The van der Waals surface area contributed by atoms with Gasteiger partial charge in [-0.2, -0.15) is 0 Å². The van der Waals surface area contributed by atoms with Crippen molar-refractivity contribution >= 4 is 11.6 Å². The largest absolute Gasteiger partial charge is 0.496 e. The summed E-state index contributed by atoms with van der Waals surface area (Å²) in [6, 6.07) is 5.69. The first-order chi connectivity index (χ1) is 11.7. The van der Waals surface area contributed by atoms with Crippen molar-refractivity contribution in [1.29, 1.82) is 0 Å². The summed E-state index contributed by atoms with van der Waals surface area (Å²) in [6.45, 7) is 13.2. The van der Waals surface area contributed by atoms with Crippen LogP contribution < -0.4 is 10.1 Å². The van der Waals surface area contributed by atoms with Crippen LogP contribution in [0.15, 0.2) is 18.2 Å². The summed E-state index contributed by atoms with van der Waals surface area (Å²) >= 11 is 0. The highest BCUT2D eigenvalue weighted by Gasteiger charge is 2.40. The molecule has 0 aliphatic carbocycles. The van der Waals surface area contributed by atoms with E-state index in [1.807, 2.05) is 25.1 Å². The smallest absolute Gasteiger partial charge is 0.256 e. The van der Waals surface area contributed by atoms with Crippen molar-refractivity contribution in [2.45, 2.75) is 66.4 Å². The lowest BCUT2D eigenvalue weighted by Gasteiger charge is -2.35. The standard InChI is InChI=1S/C21H35NO3/c1-8-11-25-21(13-15(2)3,14-16(4)5)20(23)22-18-9-10-19(24-7)17(6)12-18/h9-10,12,15-16H,8,11,13-14H2,1-7H3,(H,22,23). The van der Waals surface area contributed by atoms with Crippen LogP contribution in [0.2, 0.25) is 0 Å². The van der Waals surface area contributed by atoms with Crippen LogP contribution in [0.25, 0.3) is 0 Å². The number of carbonyl (C=O) groups is 1. The van der Waals surface area contributed by atoms with Crippen LogP contribution in [0.5, 0.6) is 5.75 Å². The maximum Gasteiger partial charge on any atom is 0.256 e. The number of anilines is 1. The van der Waals surface area contributed by atoms with Gasteiger partial charge in [-0.15, -0.1) is 0 Å². The number of hydrogen-bond donors (Lipinski definition) is 1. The Labute approximate surface area is 153 Å². The Hall–Kier alpha value is -1.55. The molecule has 0 radical (unpaired) electrons. The maximum absolute atomic E-state index is 13.2. The SMILES string of the molecule is CCCOC(CC(C)C)(CC(C)C)C(=O)Nc1ccc(OC)c(C)c1. The van der Waals surface area contributed by atoms with E-state index in [9.17, 15) is 4.79 Å². The molecule has 1 amide bonds. The van der Waals surface area contributed by atoms with E-state index in [4.69, 9.17) is 9.47 Å². The molecule has 142 valence electrons. The van der Waals surface area contributed by atoms with Crippen LogP contribution in [0.1, 0.15) is 59.4 Å². The molecule has 1 aromatic rings. The van der Waals surface area contributed by atoms with Gasteiger partial charge in [0.1, 0.15) is 11.4 Å². The van der Waals surface area contributed by atoms with Crippen LogP contribution in [0, 0.1) is 18.8 Å². The molecule has 0 spiro atoms. The van der Waals surface area contributed by atoms with Gasteiger partial charge >= 0.3 is 0 Å². The van der Waals surface area contributed by atoms with Gasteiger partial charge in [0, 0.05) is 12.3 Å². The molecule has 0 unspecified atom stereocenters. The molecule has 0 aromatic heterocycles. The summed E-state index contributed by atoms with van der Waals surface area (Å²) in [6.07, 6.45) is 2.32. The van der Waals surface area contributed by atoms with Gasteiger partial charge in [0.25, 0.3) is 5.91 Å². The van der Waals surface area contributed by atoms with Crippen molar-refractivity contribution in [3.05, 3.63) is 23.8 Å². The third kappa shape index (κ3) is 6.35. The summed E-state index contributed by atoms with van der Waals surface area (Å²) < 4.78 is 11.5. The Morgan fingerprint density at radius 1 is 1.16 bits per heavy atom. The van der Waals surface area contributed by atoms with Gasteiger partial charge in [-0.1, -0.05) is 34.6 Å². The molecule has 1 aromatic carbocycles. The summed E-state index contributed by atoms with van der Waals surface area (Å²) in [5.41, 5.74) is 0.986. The van der Waals surface area contributed by atoms with Crippen molar-refractivity contribution in [3.63, 3.8) is 0 Å². The maximum atomic E-state index is 13.2. The number of rotatable bonds is 10. The molecule has 0 aliphatic heterocycles. The first-order valence-electron chi connectivity index (χ1n) is 9.34. The van der Waals surface area contributed by atoms with E-state index in [-0.39, 0.29) is 5.91 Å². The Morgan fingerprint density at radius 2 is 1.76 bits per heavy atom. The Balaban J connectivity index is 3.09. The van der Waals surface area contributed by atoms with Crippen LogP contribution >= 0.6 is 0 Å². The molecule has 0 saturated heterocycles. The monoisotopic (exact) mass is 349 g/mol. The molecular formula is C21H35NO3. The quantitative estimate of drug-likeness (QED) is 0.631. The van der Waals surface area contributed by atoms with Crippen molar-refractivity contribution in [3.8, 4) is 5.75 Å². The van der Waals surface area contributed by atoms with Gasteiger partial charge in [0.05, 0.1) is 7.11 Å². The van der Waals surface area contributed by atoms with E-state index in [1.165, 1.54) is 0 Å². The van der Waals surface area contributed by atoms with Crippen LogP contribution in [-0.2, 0) is 9.53 Å². The van der Waals surface area contributed by atoms with Crippen molar-refractivity contribution in [1.82, 2.24) is 0 Å². The molecule has 1 rings (SSSR count). The zero-order valence-electron chi connectivity index (χ0n) is 16.9. The van der Waals surface area contributed by atoms with Crippen molar-refractivity contribution in [2.24, 2.45) is 11.8 Å². The minimum atomic E-state index is -0.786. The zero-order chi connectivity index (χ0) is 19.0. The average Bonchev–Trinajstić information content (AvgIpc) is 2.51. The molecule has 4 heteroatoms. The molecule has 0 fully saturated rings. The third-order valence-corrected chi connectivity index (χ3v) is 4.12. The predicted octanol–water partition coefficient (Wildman–Crippen LogP) is 5.20. The molecule has 0 saturated carbocycles. The average molecular weight is 350 g/mol. The number of aryl methyl sites for hydroxylation is 1. The number of benzene rings is 1. The number of nitrogens with one attached hydrogen (secondary N) is 1. The zero-order valence-corrected chi connectivity index (χ0v) is 16.9. The van der Waals surface area contributed by atoms with E-state index in [0.29, 0.717) is 31.3 Å². The van der Waals surface area contributed by atoms with E-state index in [1.54, 1.807) is 7.11 Å². The number of ether oxygens (including phenoxy) is 2. The van der Waals surface area contributed by atoms with Gasteiger partial charge in [-0.25, -0.2) is 0 Å². The molecule has 0 atom stereocenters. The van der Waals surface area contributed by atoms with Gasteiger partial charge in [-0.05, 0) is 61.8 Å². The van der Waals surface area contributed by atoms with E-state index in [2.05, 4.69) is 39.9 Å². The minimum absolute atomic E-state index is 0.0482. The van der Waals surface area contributed by atoms with Gasteiger partial charge in [0.15, 0.2) is 0 Å². The van der Waals surface area contributed by atoms with E-state index >= 15 is 0 Å². The molecule has 1 N–H and O–H groups in total. The van der Waals surface area contributed by atoms with Crippen LogP contribution in [-0.4, -0.2) is 25.2 Å². The molecular weight excluding hydrogens is 314 g/mol. The van der Waals surface area contributed by atoms with Crippen LogP contribution in [0.4, 0.5) is 5.69 Å². The lowest BCUT2D eigenvalue weighted by molar-refractivity contribution is -0.147. The third-order valence-electron chi connectivity index (χ3n) is 4.12. The number of amides is 1. The summed E-state index contributed by atoms with van der Waals surface area (Å²) in [5.74, 6) is 1.52. The highest BCUT2D eigenvalue weighted by atomic mass is 16.5.